The molecule has 3 aliphatic rings. The van der Waals surface area contributed by atoms with Crippen LogP contribution in [0, 0.1) is 5.92 Å². The van der Waals surface area contributed by atoms with E-state index in [1.807, 2.05) is 18.2 Å². The monoisotopic (exact) mass is 523 g/mol. The number of fused-ring (bicyclic) bond motifs is 1. The molecule has 37 heavy (non-hydrogen) atoms. The number of benzene rings is 1. The minimum atomic E-state index is -0.532. The van der Waals surface area contributed by atoms with Gasteiger partial charge in [0.25, 0.3) is 0 Å². The second-order valence-corrected chi connectivity index (χ2v) is 11.8. The van der Waals surface area contributed by atoms with Gasteiger partial charge in [0.15, 0.2) is 11.0 Å². The second-order valence-electron chi connectivity index (χ2n) is 10.8. The molecule has 3 fully saturated rings. The van der Waals surface area contributed by atoms with E-state index < -0.39 is 5.60 Å². The number of anilines is 1. The van der Waals surface area contributed by atoms with E-state index in [0.717, 1.165) is 72.7 Å². The Hall–Kier alpha value is -2.50. The van der Waals surface area contributed by atoms with Gasteiger partial charge in [0.1, 0.15) is 6.61 Å². The van der Waals surface area contributed by atoms with Crippen molar-refractivity contribution in [3.8, 4) is 11.1 Å². The molecule has 9 nitrogen and oxygen atoms in total. The van der Waals surface area contributed by atoms with E-state index in [0.29, 0.717) is 30.1 Å². The van der Waals surface area contributed by atoms with Crippen molar-refractivity contribution in [2.24, 2.45) is 5.92 Å². The number of hydrogen-bond acceptors (Lipinski definition) is 9. The van der Waals surface area contributed by atoms with Crippen LogP contribution < -0.4 is 10.6 Å². The van der Waals surface area contributed by atoms with Crippen molar-refractivity contribution >= 4 is 32.6 Å². The molecule has 1 aromatic carbocycles. The molecular weight excluding hydrogens is 490 g/mol. The number of carbonyl (C=O) groups is 1. The maximum absolute atomic E-state index is 12.7. The molecule has 0 spiro atoms. The number of ether oxygens (including phenoxy) is 1. The number of carbonyl (C=O) groups excluding carboxylic acids is 1. The third-order valence-electron chi connectivity index (χ3n) is 8.01. The largest absolute Gasteiger partial charge is 0.390 e. The number of aliphatic hydroxyl groups is 2. The summed E-state index contributed by atoms with van der Waals surface area (Å²) in [4.78, 5) is 26.2. The maximum atomic E-state index is 12.7. The van der Waals surface area contributed by atoms with Gasteiger partial charge in [-0.15, -0.1) is 0 Å². The highest BCUT2D eigenvalue weighted by atomic mass is 32.1. The summed E-state index contributed by atoms with van der Waals surface area (Å²) in [5.41, 5.74) is 2.18. The fraction of sp³-hybridized carbons (Fsp3) is 0.556. The molecule has 0 radical (unpaired) electrons. The smallest absolute Gasteiger partial charge is 0.229 e. The molecule has 0 aliphatic heterocycles. The van der Waals surface area contributed by atoms with Crippen molar-refractivity contribution in [3.63, 3.8) is 0 Å². The zero-order chi connectivity index (χ0) is 25.4. The van der Waals surface area contributed by atoms with E-state index in [1.165, 1.54) is 11.3 Å². The van der Waals surface area contributed by atoms with Gasteiger partial charge in [0.2, 0.25) is 5.91 Å². The first-order chi connectivity index (χ1) is 17.9. The number of nitrogens with zero attached hydrogens (tertiary/aromatic N) is 3. The predicted octanol–water partition coefficient (Wildman–Crippen LogP) is 3.41. The van der Waals surface area contributed by atoms with Gasteiger partial charge in [0.05, 0.1) is 28.0 Å². The van der Waals surface area contributed by atoms with Gasteiger partial charge in [-0.1, -0.05) is 17.4 Å². The highest BCUT2D eigenvalue weighted by Crippen LogP contribution is 2.35. The number of amides is 1. The van der Waals surface area contributed by atoms with Crippen LogP contribution >= 0.6 is 11.3 Å². The Kier molecular flexibility index (Phi) is 6.93. The maximum Gasteiger partial charge on any atom is 0.229 e. The van der Waals surface area contributed by atoms with Crippen molar-refractivity contribution in [2.45, 2.75) is 81.8 Å². The Labute approximate surface area is 219 Å². The third kappa shape index (κ3) is 5.53. The number of nitrogens with one attached hydrogen (secondary N) is 2. The number of thiazole rings is 1. The number of aliphatic hydroxyl groups excluding tert-OH is 1. The Balaban J connectivity index is 1.02. The van der Waals surface area contributed by atoms with Crippen molar-refractivity contribution in [1.29, 1.82) is 0 Å². The third-order valence-corrected chi connectivity index (χ3v) is 8.95. The van der Waals surface area contributed by atoms with Crippen LogP contribution in [0.5, 0.6) is 0 Å². The summed E-state index contributed by atoms with van der Waals surface area (Å²) in [5.74, 6) is 0.586. The second kappa shape index (κ2) is 10.3. The lowest BCUT2D eigenvalue weighted by atomic mass is 9.77. The quantitative estimate of drug-likeness (QED) is 0.336. The average molecular weight is 524 g/mol. The minimum absolute atomic E-state index is 0.0102. The lowest BCUT2D eigenvalue weighted by Gasteiger charge is -2.41. The summed E-state index contributed by atoms with van der Waals surface area (Å²) in [7, 11) is 0. The minimum Gasteiger partial charge on any atom is -0.390 e. The molecule has 4 N–H and O–H groups in total. The molecule has 0 bridgehead atoms. The van der Waals surface area contributed by atoms with Crippen molar-refractivity contribution in [2.75, 3.05) is 11.9 Å². The Morgan fingerprint density at radius 1 is 1.14 bits per heavy atom. The molecule has 1 amide bonds. The van der Waals surface area contributed by atoms with Crippen LogP contribution in [0.15, 0.2) is 30.6 Å². The van der Waals surface area contributed by atoms with Gasteiger partial charge < -0.3 is 25.6 Å². The first-order valence-corrected chi connectivity index (χ1v) is 14.0. The zero-order valence-electron chi connectivity index (χ0n) is 20.7. The van der Waals surface area contributed by atoms with E-state index in [9.17, 15) is 15.0 Å². The van der Waals surface area contributed by atoms with Crippen LogP contribution in [0.1, 0.15) is 57.2 Å². The van der Waals surface area contributed by atoms with Crippen LogP contribution in [0.4, 0.5) is 5.13 Å². The van der Waals surface area contributed by atoms with Gasteiger partial charge in [-0.25, -0.2) is 15.0 Å². The lowest BCUT2D eigenvalue weighted by molar-refractivity contribution is -0.123. The lowest BCUT2D eigenvalue weighted by Crippen LogP contribution is -2.53. The molecule has 3 aromatic rings. The SMILES string of the molecule is O=C(Nc1nc2ccc(-c3cnc(CO[C@H]4CCC[C@@H]4O)nc3)cc2s1)C1CC(NCC2(O)CCC2)C1. The van der Waals surface area contributed by atoms with E-state index in [4.69, 9.17) is 4.74 Å². The molecule has 2 atom stereocenters. The summed E-state index contributed by atoms with van der Waals surface area (Å²) in [6, 6.07) is 6.27. The standard InChI is InChI=1S/C27H33N5O4S/c33-21-3-1-4-22(21)36-14-24-28-12-18(13-29-24)16-5-6-20-23(11-16)37-26(31-20)32-25(34)17-9-19(10-17)30-15-27(35)7-2-8-27/h5-6,11-13,17,19,21-22,30,33,35H,1-4,7-10,14-15H2,(H,31,32,34)/t17?,19?,21-,22-/m0/s1. The van der Waals surface area contributed by atoms with Gasteiger partial charge in [0, 0.05) is 36.5 Å². The van der Waals surface area contributed by atoms with E-state index >= 15 is 0 Å². The van der Waals surface area contributed by atoms with Gasteiger partial charge >= 0.3 is 0 Å². The highest BCUT2D eigenvalue weighted by molar-refractivity contribution is 7.22. The first kappa shape index (κ1) is 24.8. The Morgan fingerprint density at radius 3 is 2.65 bits per heavy atom. The number of aromatic nitrogens is 3. The summed E-state index contributed by atoms with van der Waals surface area (Å²) < 4.78 is 6.76. The molecule has 3 saturated carbocycles. The molecule has 10 heteroatoms. The normalized spacial score (nSPS) is 26.5. The van der Waals surface area contributed by atoms with Crippen LogP contribution in [0.3, 0.4) is 0 Å². The van der Waals surface area contributed by atoms with Gasteiger partial charge in [-0.2, -0.15) is 0 Å². The van der Waals surface area contributed by atoms with E-state index in [1.54, 1.807) is 12.4 Å². The fourth-order valence-corrected chi connectivity index (χ4v) is 6.23. The van der Waals surface area contributed by atoms with Gasteiger partial charge in [-0.3, -0.25) is 4.79 Å². The molecule has 0 unspecified atom stereocenters. The average Bonchev–Trinajstić information content (AvgIpc) is 3.45. The molecule has 2 aromatic heterocycles. The number of rotatable bonds is 9. The van der Waals surface area contributed by atoms with Crippen LogP contribution in [0.2, 0.25) is 0 Å². The zero-order valence-corrected chi connectivity index (χ0v) is 21.5. The molecular formula is C27H33N5O4S. The molecule has 196 valence electrons. The Morgan fingerprint density at radius 2 is 1.95 bits per heavy atom. The Bertz CT molecular complexity index is 1260. The van der Waals surface area contributed by atoms with Gasteiger partial charge in [-0.05, 0) is 69.1 Å². The summed E-state index contributed by atoms with van der Waals surface area (Å²) >= 11 is 1.46. The van der Waals surface area contributed by atoms with E-state index in [-0.39, 0.29) is 24.0 Å². The first-order valence-electron chi connectivity index (χ1n) is 13.2. The summed E-state index contributed by atoms with van der Waals surface area (Å²) in [6.07, 6.45) is 10.1. The molecule has 3 aliphatic carbocycles. The van der Waals surface area contributed by atoms with Crippen molar-refractivity contribution < 1.29 is 19.7 Å². The van der Waals surface area contributed by atoms with Crippen LogP contribution in [-0.2, 0) is 16.1 Å². The molecule has 0 saturated heterocycles. The van der Waals surface area contributed by atoms with E-state index in [2.05, 4.69) is 25.6 Å². The van der Waals surface area contributed by atoms with Crippen LogP contribution in [0.25, 0.3) is 21.3 Å². The van der Waals surface area contributed by atoms with Crippen molar-refractivity contribution in [3.05, 3.63) is 36.4 Å². The molecule has 2 heterocycles. The number of hydrogen-bond donors (Lipinski definition) is 4. The fourth-order valence-electron chi connectivity index (χ4n) is 5.32. The summed E-state index contributed by atoms with van der Waals surface area (Å²) in [5, 5.41) is 27.1. The predicted molar refractivity (Wildman–Crippen MR) is 141 cm³/mol. The van der Waals surface area contributed by atoms with Crippen LogP contribution in [-0.4, -0.2) is 61.5 Å². The van der Waals surface area contributed by atoms with Crippen molar-refractivity contribution in [1.82, 2.24) is 20.3 Å². The topological polar surface area (TPSA) is 129 Å². The highest BCUT2D eigenvalue weighted by Gasteiger charge is 2.39. The molecule has 6 rings (SSSR count). The summed E-state index contributed by atoms with van der Waals surface area (Å²) in [6.45, 7) is 0.914.